The summed E-state index contributed by atoms with van der Waals surface area (Å²) in [7, 11) is 1.50. The molecule has 57 heavy (non-hydrogen) atoms. The zero-order chi connectivity index (χ0) is 42.1. The number of unbranched alkanes of at least 4 members (excludes halogenated alkanes) is 31. The summed E-state index contributed by atoms with van der Waals surface area (Å²) in [5.41, 5.74) is 0. The highest BCUT2D eigenvalue weighted by Gasteiger charge is 2.27. The van der Waals surface area contributed by atoms with Crippen LogP contribution in [0, 0.1) is 0 Å². The molecule has 0 fully saturated rings. The molecule has 340 valence electrons. The molecule has 0 aromatic carbocycles. The van der Waals surface area contributed by atoms with Crippen LogP contribution in [0.5, 0.6) is 0 Å². The largest absolute Gasteiger partial charge is 0.472 e. The van der Waals surface area contributed by atoms with Gasteiger partial charge in [-0.05, 0) is 12.8 Å². The summed E-state index contributed by atoms with van der Waals surface area (Å²) in [5, 5.41) is 0. The molecular weight excluding hydrogens is 737 g/mol. The number of hydrogen-bond acceptors (Lipinski definition) is 7. The van der Waals surface area contributed by atoms with Crippen LogP contribution in [0.2, 0.25) is 0 Å². The van der Waals surface area contributed by atoms with E-state index in [-0.39, 0.29) is 25.6 Å². The molecule has 0 aliphatic carbocycles. The first-order chi connectivity index (χ1) is 27.5. The summed E-state index contributed by atoms with van der Waals surface area (Å²) >= 11 is 0. The van der Waals surface area contributed by atoms with Crippen molar-refractivity contribution in [1.29, 1.82) is 0 Å². The van der Waals surface area contributed by atoms with Gasteiger partial charge in [0.2, 0.25) is 0 Å². The molecule has 0 amide bonds. The Hall–Kier alpha value is -0.990. The van der Waals surface area contributed by atoms with Crippen LogP contribution in [-0.2, 0) is 32.7 Å². The number of quaternary nitrogens is 1. The third-order valence-electron chi connectivity index (χ3n) is 10.9. The van der Waals surface area contributed by atoms with Crippen molar-refractivity contribution in [3.63, 3.8) is 0 Å². The van der Waals surface area contributed by atoms with E-state index >= 15 is 0 Å². The highest BCUT2D eigenvalue weighted by atomic mass is 31.2. The molecule has 1 N–H and O–H groups in total. The van der Waals surface area contributed by atoms with Gasteiger partial charge in [-0.1, -0.05) is 213 Å². The number of hydrogen-bond donors (Lipinski definition) is 1. The average molecular weight is 833 g/mol. The quantitative estimate of drug-likeness (QED) is 0.0280. The average Bonchev–Trinajstić information content (AvgIpc) is 3.16. The van der Waals surface area contributed by atoms with Crippen LogP contribution in [0.15, 0.2) is 0 Å². The monoisotopic (exact) mass is 833 g/mol. The van der Waals surface area contributed by atoms with Crippen molar-refractivity contribution in [3.8, 4) is 0 Å². The molecule has 0 aliphatic heterocycles. The number of likely N-dealkylation sites (N-methyl/N-ethyl adjacent to an activating group) is 1. The van der Waals surface area contributed by atoms with Crippen molar-refractivity contribution < 1.29 is 42.1 Å². The minimum absolute atomic E-state index is 0.0369. The molecule has 0 bridgehead atoms. The van der Waals surface area contributed by atoms with E-state index in [1.165, 1.54) is 173 Å². The summed E-state index contributed by atoms with van der Waals surface area (Å²) in [6.07, 6.45) is 41.5. The third-order valence-corrected chi connectivity index (χ3v) is 11.9. The molecule has 0 spiro atoms. The molecule has 0 saturated carbocycles. The number of carbonyl (C=O) groups excluding carboxylic acids is 2. The second kappa shape index (κ2) is 40.4. The lowest BCUT2D eigenvalue weighted by molar-refractivity contribution is -0.870. The molecule has 0 radical (unpaired) electrons. The highest BCUT2D eigenvalue weighted by molar-refractivity contribution is 7.47. The molecule has 0 heterocycles. The zero-order valence-corrected chi connectivity index (χ0v) is 39.2. The molecule has 0 rings (SSSR count). The van der Waals surface area contributed by atoms with Crippen LogP contribution in [-0.4, -0.2) is 74.9 Å². The van der Waals surface area contributed by atoms with Gasteiger partial charge in [0.15, 0.2) is 6.10 Å². The maximum Gasteiger partial charge on any atom is 0.472 e. The lowest BCUT2D eigenvalue weighted by Crippen LogP contribution is -2.37. The van der Waals surface area contributed by atoms with Crippen molar-refractivity contribution in [2.45, 2.75) is 245 Å². The Balaban J connectivity index is 4.20. The Morgan fingerprint density at radius 1 is 0.474 bits per heavy atom. The normalized spacial score (nSPS) is 13.4. The predicted octanol–water partition coefficient (Wildman–Crippen LogP) is 14.0. The van der Waals surface area contributed by atoms with Gasteiger partial charge in [0.25, 0.3) is 0 Å². The molecule has 10 heteroatoms. The topological polar surface area (TPSA) is 108 Å². The van der Waals surface area contributed by atoms with Crippen molar-refractivity contribution >= 4 is 19.8 Å². The molecule has 2 atom stereocenters. The van der Waals surface area contributed by atoms with Crippen molar-refractivity contribution in [2.24, 2.45) is 0 Å². The molecule has 1 unspecified atom stereocenters. The smallest absolute Gasteiger partial charge is 0.462 e. The molecular formula is C47H95NO8P+. The lowest BCUT2D eigenvalue weighted by atomic mass is 10.0. The van der Waals surface area contributed by atoms with E-state index in [1.54, 1.807) is 0 Å². The second-order valence-corrected chi connectivity index (χ2v) is 19.3. The first-order valence-corrected chi connectivity index (χ1v) is 25.8. The molecule has 0 aromatic heterocycles. The number of phosphoric acid groups is 1. The van der Waals surface area contributed by atoms with Crippen LogP contribution in [0.25, 0.3) is 0 Å². The highest BCUT2D eigenvalue weighted by Crippen LogP contribution is 2.43. The zero-order valence-electron chi connectivity index (χ0n) is 38.4. The maximum absolute atomic E-state index is 12.7. The first-order valence-electron chi connectivity index (χ1n) is 24.3. The summed E-state index contributed by atoms with van der Waals surface area (Å²) in [4.78, 5) is 35.4. The fourth-order valence-electron chi connectivity index (χ4n) is 7.08. The Morgan fingerprint density at radius 2 is 0.789 bits per heavy atom. The van der Waals surface area contributed by atoms with Gasteiger partial charge in [-0.3, -0.25) is 18.6 Å². The van der Waals surface area contributed by atoms with Gasteiger partial charge in [0.05, 0.1) is 27.7 Å². The third kappa shape index (κ3) is 44.4. The van der Waals surface area contributed by atoms with Crippen molar-refractivity contribution in [1.82, 2.24) is 0 Å². The van der Waals surface area contributed by atoms with Gasteiger partial charge in [0.1, 0.15) is 19.8 Å². The summed E-state index contributed by atoms with van der Waals surface area (Å²) in [5.74, 6) is -0.781. The number of esters is 2. The predicted molar refractivity (Wildman–Crippen MR) is 238 cm³/mol. The van der Waals surface area contributed by atoms with Crippen LogP contribution < -0.4 is 0 Å². The van der Waals surface area contributed by atoms with Gasteiger partial charge >= 0.3 is 19.8 Å². The molecule has 0 aromatic rings. The second-order valence-electron chi connectivity index (χ2n) is 17.9. The van der Waals surface area contributed by atoms with E-state index < -0.39 is 26.5 Å². The minimum Gasteiger partial charge on any atom is -0.462 e. The standard InChI is InChI=1S/C47H94NO8P/c1-6-8-10-12-14-16-18-20-21-22-23-24-25-26-28-29-31-33-35-37-39-46(49)53-43-45(44-55-57(51,52)54-42-41-48(3,4)5)56-47(50)40-38-36-34-32-30-27-19-17-15-13-11-9-7-2/h45H,6-44H2,1-5H3/p+1/t45-/m1/s1. The van der Waals surface area contributed by atoms with E-state index in [0.717, 1.165) is 38.5 Å². The van der Waals surface area contributed by atoms with Crippen LogP contribution in [0.3, 0.4) is 0 Å². The number of nitrogens with zero attached hydrogens (tertiary/aromatic N) is 1. The molecule has 0 saturated heterocycles. The Bertz CT molecular complexity index is 943. The Morgan fingerprint density at radius 3 is 1.12 bits per heavy atom. The van der Waals surface area contributed by atoms with E-state index in [4.69, 9.17) is 18.5 Å². The number of ether oxygens (including phenoxy) is 2. The Kier molecular flexibility index (Phi) is 39.7. The van der Waals surface area contributed by atoms with Gasteiger partial charge in [0, 0.05) is 12.8 Å². The first kappa shape index (κ1) is 56.0. The number of rotatable bonds is 45. The summed E-state index contributed by atoms with van der Waals surface area (Å²) in [6, 6.07) is 0. The van der Waals surface area contributed by atoms with Gasteiger partial charge in [-0.25, -0.2) is 4.57 Å². The summed E-state index contributed by atoms with van der Waals surface area (Å²) < 4.78 is 34.4. The summed E-state index contributed by atoms with van der Waals surface area (Å²) in [6.45, 7) is 4.47. The minimum atomic E-state index is -4.37. The van der Waals surface area contributed by atoms with E-state index in [1.807, 2.05) is 21.1 Å². The fourth-order valence-corrected chi connectivity index (χ4v) is 7.82. The fraction of sp³-hybridized carbons (Fsp3) is 0.957. The van der Waals surface area contributed by atoms with Crippen molar-refractivity contribution in [3.05, 3.63) is 0 Å². The maximum atomic E-state index is 12.7. The number of phosphoric ester groups is 1. The van der Waals surface area contributed by atoms with E-state index in [2.05, 4.69) is 13.8 Å². The lowest BCUT2D eigenvalue weighted by Gasteiger charge is -2.24. The van der Waals surface area contributed by atoms with Crippen molar-refractivity contribution in [2.75, 3.05) is 47.5 Å². The Labute approximate surface area is 353 Å². The number of carbonyl (C=O) groups is 2. The molecule has 9 nitrogen and oxygen atoms in total. The van der Waals surface area contributed by atoms with Crippen LogP contribution in [0.1, 0.15) is 239 Å². The van der Waals surface area contributed by atoms with Crippen LogP contribution in [0.4, 0.5) is 0 Å². The van der Waals surface area contributed by atoms with Crippen LogP contribution >= 0.6 is 7.82 Å². The van der Waals surface area contributed by atoms with Gasteiger partial charge < -0.3 is 18.9 Å². The van der Waals surface area contributed by atoms with Gasteiger partial charge in [-0.15, -0.1) is 0 Å². The van der Waals surface area contributed by atoms with Gasteiger partial charge in [-0.2, -0.15) is 0 Å². The SMILES string of the molecule is CCCCCCCCCCCCCCCCCCCCCCC(=O)OC[C@H](COP(=O)(O)OCC[N+](C)(C)C)OC(=O)CCCCCCCCCCCCCCC. The van der Waals surface area contributed by atoms with E-state index in [9.17, 15) is 19.0 Å². The molecule has 0 aliphatic rings. The van der Waals surface area contributed by atoms with E-state index in [0.29, 0.717) is 17.4 Å².